The van der Waals surface area contributed by atoms with E-state index in [0.717, 1.165) is 44.9 Å². The van der Waals surface area contributed by atoms with Gasteiger partial charge in [0.2, 0.25) is 0 Å². The minimum absolute atomic E-state index is 0.0971. The first kappa shape index (κ1) is 28.1. The van der Waals surface area contributed by atoms with E-state index in [1.165, 1.54) is 32.6 Å². The van der Waals surface area contributed by atoms with E-state index in [2.05, 4.69) is 43.4 Å². The van der Waals surface area contributed by atoms with Gasteiger partial charge < -0.3 is 14.6 Å². The molecule has 172 valence electrons. The van der Waals surface area contributed by atoms with Crippen molar-refractivity contribution < 1.29 is 24.2 Å². The van der Waals surface area contributed by atoms with E-state index in [1.54, 1.807) is 0 Å². The molecule has 0 aliphatic carbocycles. The van der Waals surface area contributed by atoms with Crippen LogP contribution >= 0.6 is 0 Å². The Hall–Kier alpha value is -1.88. The van der Waals surface area contributed by atoms with Crippen LogP contribution in [0.2, 0.25) is 0 Å². The van der Waals surface area contributed by atoms with Crippen LogP contribution in [0.3, 0.4) is 0 Å². The Morgan fingerprint density at radius 3 is 2.00 bits per heavy atom. The third-order valence-electron chi connectivity index (χ3n) is 4.51. The van der Waals surface area contributed by atoms with Crippen LogP contribution in [0.5, 0.6) is 0 Å². The molecule has 0 aliphatic rings. The Bertz CT molecular complexity index is 508. The van der Waals surface area contributed by atoms with E-state index in [1.807, 2.05) is 0 Å². The number of unbranched alkanes of at least 4 members (excludes halogenated alkanes) is 7. The molecule has 0 amide bonds. The Balaban J connectivity index is 3.46. The molecule has 0 fully saturated rings. The van der Waals surface area contributed by atoms with E-state index in [-0.39, 0.29) is 19.2 Å². The number of ether oxygens (including phenoxy) is 2. The van der Waals surface area contributed by atoms with Crippen LogP contribution in [0.25, 0.3) is 0 Å². The first-order chi connectivity index (χ1) is 14.6. The second-order valence-electron chi connectivity index (χ2n) is 7.40. The number of esters is 2. The highest BCUT2D eigenvalue weighted by molar-refractivity contribution is 5.69. The minimum Gasteiger partial charge on any atom is -0.462 e. The van der Waals surface area contributed by atoms with Gasteiger partial charge in [0.1, 0.15) is 6.61 Å². The van der Waals surface area contributed by atoms with Gasteiger partial charge in [-0.15, -0.1) is 0 Å². The van der Waals surface area contributed by atoms with Gasteiger partial charge in [-0.2, -0.15) is 0 Å². The largest absolute Gasteiger partial charge is 0.462 e. The van der Waals surface area contributed by atoms with Crippen molar-refractivity contribution >= 4 is 11.9 Å². The van der Waals surface area contributed by atoms with Crippen LogP contribution in [0.4, 0.5) is 0 Å². The smallest absolute Gasteiger partial charge is 0.306 e. The lowest BCUT2D eigenvalue weighted by molar-refractivity contribution is -0.160. The van der Waals surface area contributed by atoms with E-state index in [9.17, 15) is 9.59 Å². The molecule has 0 bridgehead atoms. The number of aliphatic hydroxyl groups excluding tert-OH is 1. The van der Waals surface area contributed by atoms with Gasteiger partial charge in [-0.1, -0.05) is 75.5 Å². The van der Waals surface area contributed by atoms with Crippen LogP contribution in [0.15, 0.2) is 36.5 Å². The summed E-state index contributed by atoms with van der Waals surface area (Å²) in [6.07, 6.45) is 25.0. The van der Waals surface area contributed by atoms with Crippen LogP contribution in [-0.4, -0.2) is 36.4 Å². The second-order valence-corrected chi connectivity index (χ2v) is 7.40. The summed E-state index contributed by atoms with van der Waals surface area (Å²) < 4.78 is 9.85. The maximum atomic E-state index is 11.7. The van der Waals surface area contributed by atoms with Gasteiger partial charge in [0.05, 0.1) is 6.61 Å². The lowest BCUT2D eigenvalue weighted by Gasteiger charge is -2.15. The summed E-state index contributed by atoms with van der Waals surface area (Å²) >= 11 is 0. The maximum Gasteiger partial charge on any atom is 0.306 e. The van der Waals surface area contributed by atoms with Gasteiger partial charge in [0.25, 0.3) is 0 Å². The Morgan fingerprint density at radius 2 is 1.40 bits per heavy atom. The van der Waals surface area contributed by atoms with E-state index >= 15 is 0 Å². The van der Waals surface area contributed by atoms with E-state index in [0.29, 0.717) is 6.42 Å². The molecule has 0 aliphatic heterocycles. The number of carbonyl (C=O) groups is 2. The van der Waals surface area contributed by atoms with Crippen LogP contribution in [0, 0.1) is 0 Å². The first-order valence-corrected chi connectivity index (χ1v) is 11.5. The zero-order chi connectivity index (χ0) is 22.3. The lowest BCUT2D eigenvalue weighted by Crippen LogP contribution is -2.28. The Morgan fingerprint density at radius 1 is 0.833 bits per heavy atom. The monoisotopic (exact) mass is 422 g/mol. The summed E-state index contributed by atoms with van der Waals surface area (Å²) in [6.45, 7) is 2.98. The van der Waals surface area contributed by atoms with Crippen LogP contribution in [-0.2, 0) is 19.1 Å². The molecule has 1 atom stereocenters. The third-order valence-corrected chi connectivity index (χ3v) is 4.51. The van der Waals surface area contributed by atoms with E-state index in [4.69, 9.17) is 14.6 Å². The molecular weight excluding hydrogens is 380 g/mol. The van der Waals surface area contributed by atoms with Gasteiger partial charge in [0.15, 0.2) is 6.10 Å². The molecule has 0 rings (SSSR count). The van der Waals surface area contributed by atoms with Crippen molar-refractivity contribution in [2.24, 2.45) is 0 Å². The highest BCUT2D eigenvalue weighted by atomic mass is 16.6. The van der Waals surface area contributed by atoms with Gasteiger partial charge in [-0.25, -0.2) is 0 Å². The molecule has 0 aromatic rings. The van der Waals surface area contributed by atoms with E-state index < -0.39 is 12.1 Å². The maximum absolute atomic E-state index is 11.7. The fourth-order valence-corrected chi connectivity index (χ4v) is 2.82. The molecule has 0 saturated heterocycles. The highest BCUT2D eigenvalue weighted by Crippen LogP contribution is 2.11. The van der Waals surface area contributed by atoms with Crippen molar-refractivity contribution in [3.05, 3.63) is 36.5 Å². The second kappa shape index (κ2) is 21.8. The molecule has 30 heavy (non-hydrogen) atoms. The number of hydrogen-bond donors (Lipinski definition) is 1. The minimum atomic E-state index is -0.769. The van der Waals surface area contributed by atoms with Crippen LogP contribution < -0.4 is 0 Å². The number of hydrogen-bond acceptors (Lipinski definition) is 5. The number of allylic oxidation sites excluding steroid dienone is 6. The summed E-state index contributed by atoms with van der Waals surface area (Å²) in [6, 6.07) is 0. The highest BCUT2D eigenvalue weighted by Gasteiger charge is 2.14. The van der Waals surface area contributed by atoms with Gasteiger partial charge in [-0.05, 0) is 38.5 Å². The number of carbonyl (C=O) groups excluding carboxylic acids is 2. The molecule has 1 unspecified atom stereocenters. The van der Waals surface area contributed by atoms with Gasteiger partial charge >= 0.3 is 11.9 Å². The van der Waals surface area contributed by atoms with Crippen LogP contribution in [0.1, 0.15) is 90.9 Å². The lowest BCUT2D eigenvalue weighted by atomic mass is 10.1. The molecule has 0 aromatic heterocycles. The average molecular weight is 423 g/mol. The average Bonchev–Trinajstić information content (AvgIpc) is 2.73. The number of aliphatic hydroxyl groups is 1. The molecule has 0 heterocycles. The predicted octanol–water partition coefficient (Wildman–Crippen LogP) is 5.82. The summed E-state index contributed by atoms with van der Waals surface area (Å²) in [5, 5.41) is 9.13. The van der Waals surface area contributed by atoms with Crippen molar-refractivity contribution in [3.63, 3.8) is 0 Å². The van der Waals surface area contributed by atoms with Crippen molar-refractivity contribution in [3.8, 4) is 0 Å². The summed E-state index contributed by atoms with van der Waals surface area (Å²) in [4.78, 5) is 22.5. The Labute approximate surface area is 183 Å². The topological polar surface area (TPSA) is 72.8 Å². The summed E-state index contributed by atoms with van der Waals surface area (Å²) in [7, 11) is 0. The molecule has 1 N–H and O–H groups in total. The van der Waals surface area contributed by atoms with Gasteiger partial charge in [0, 0.05) is 13.3 Å². The van der Waals surface area contributed by atoms with Gasteiger partial charge in [-0.3, -0.25) is 9.59 Å². The van der Waals surface area contributed by atoms with Crippen molar-refractivity contribution in [2.45, 2.75) is 97.0 Å². The third kappa shape index (κ3) is 20.8. The molecular formula is C25H42O5. The zero-order valence-corrected chi connectivity index (χ0v) is 19.0. The fourth-order valence-electron chi connectivity index (χ4n) is 2.82. The molecule has 0 aromatic carbocycles. The SMILES string of the molecule is CC/C=C\C/C=C\C/C=C\CCCCCCCCCC(=O)OC(CO)COC(C)=O. The molecule has 0 saturated carbocycles. The predicted molar refractivity (Wildman–Crippen MR) is 122 cm³/mol. The summed E-state index contributed by atoms with van der Waals surface area (Å²) in [5.41, 5.74) is 0. The number of rotatable bonds is 19. The molecule has 0 radical (unpaired) electrons. The summed E-state index contributed by atoms with van der Waals surface area (Å²) in [5.74, 6) is -0.802. The quantitative estimate of drug-likeness (QED) is 0.161. The normalized spacial score (nSPS) is 12.8. The first-order valence-electron chi connectivity index (χ1n) is 11.5. The fraction of sp³-hybridized carbons (Fsp3) is 0.680. The molecule has 5 heteroatoms. The molecule has 5 nitrogen and oxygen atoms in total. The van der Waals surface area contributed by atoms with Crippen molar-refractivity contribution in [1.82, 2.24) is 0 Å². The molecule has 0 spiro atoms. The standard InChI is InChI=1S/C25H42O5/c1-3-4-5-6-7-8-9-10-11-12-13-14-15-16-17-18-19-20-25(28)30-24(21-26)22-29-23(2)27/h4-5,7-8,10-11,24,26H,3,6,9,12-22H2,1-2H3/b5-4-,8-7-,11-10-. The zero-order valence-electron chi connectivity index (χ0n) is 19.0. The van der Waals surface area contributed by atoms with Crippen molar-refractivity contribution in [1.29, 1.82) is 0 Å². The van der Waals surface area contributed by atoms with Crippen molar-refractivity contribution in [2.75, 3.05) is 13.2 Å². The Kier molecular flexibility index (Phi) is 20.5.